The van der Waals surface area contributed by atoms with E-state index in [1.807, 2.05) is 39.0 Å². The summed E-state index contributed by atoms with van der Waals surface area (Å²) in [5, 5.41) is 0. The highest BCUT2D eigenvalue weighted by Crippen LogP contribution is 2.35. The van der Waals surface area contributed by atoms with Crippen LogP contribution in [0.3, 0.4) is 0 Å². The third kappa shape index (κ3) is 3.08. The maximum Gasteiger partial charge on any atom is 0.227 e. The van der Waals surface area contributed by atoms with Crippen LogP contribution in [0.1, 0.15) is 30.9 Å². The number of hydrogen-bond acceptors (Lipinski definition) is 5. The molecular formula is C14H17BrN4O. The van der Waals surface area contributed by atoms with Crippen LogP contribution in [-0.2, 0) is 0 Å². The van der Waals surface area contributed by atoms with E-state index in [1.54, 1.807) is 0 Å². The van der Waals surface area contributed by atoms with E-state index in [2.05, 4.69) is 31.3 Å². The smallest absolute Gasteiger partial charge is 0.227 e. The number of hydrogen-bond donors (Lipinski definition) is 2. The first-order valence-corrected chi connectivity index (χ1v) is 7.07. The Balaban J connectivity index is 2.43. The molecule has 0 unspecified atom stereocenters. The second-order valence-corrected chi connectivity index (χ2v) is 5.63. The highest BCUT2D eigenvalue weighted by Gasteiger charge is 2.17. The van der Waals surface area contributed by atoms with Gasteiger partial charge in [-0.05, 0) is 46.5 Å². The number of benzene rings is 1. The Kier molecular flexibility index (Phi) is 4.57. The minimum absolute atomic E-state index is 0.182. The summed E-state index contributed by atoms with van der Waals surface area (Å²) in [4.78, 5) is 8.34. The summed E-state index contributed by atoms with van der Waals surface area (Å²) in [6.45, 7) is 6.10. The van der Waals surface area contributed by atoms with Crippen LogP contribution >= 0.6 is 15.9 Å². The van der Waals surface area contributed by atoms with Gasteiger partial charge >= 0.3 is 0 Å². The van der Waals surface area contributed by atoms with Crippen molar-refractivity contribution >= 4 is 21.7 Å². The molecule has 2 rings (SSSR count). The van der Waals surface area contributed by atoms with Gasteiger partial charge in [0.25, 0.3) is 0 Å². The summed E-state index contributed by atoms with van der Waals surface area (Å²) in [7, 11) is 0. The summed E-state index contributed by atoms with van der Waals surface area (Å²) in [6.07, 6.45) is 1.43. The summed E-state index contributed by atoms with van der Waals surface area (Å²) in [5.41, 5.74) is 4.59. The Hall–Kier alpha value is -1.66. The van der Waals surface area contributed by atoms with E-state index in [0.29, 0.717) is 17.4 Å². The number of halogens is 1. The van der Waals surface area contributed by atoms with Crippen LogP contribution in [0, 0.1) is 6.92 Å². The summed E-state index contributed by atoms with van der Waals surface area (Å²) in [6, 6.07) is 5.88. The van der Waals surface area contributed by atoms with Crippen molar-refractivity contribution in [1.82, 2.24) is 9.97 Å². The molecule has 0 spiro atoms. The first-order chi connectivity index (χ1) is 9.52. The van der Waals surface area contributed by atoms with E-state index in [-0.39, 0.29) is 5.92 Å². The molecule has 0 saturated heterocycles. The van der Waals surface area contributed by atoms with Crippen molar-refractivity contribution in [3.05, 3.63) is 40.1 Å². The molecule has 0 aliphatic carbocycles. The van der Waals surface area contributed by atoms with Gasteiger partial charge in [0, 0.05) is 0 Å². The van der Waals surface area contributed by atoms with Gasteiger partial charge < -0.3 is 10.2 Å². The number of ether oxygens (including phenoxy) is 1. The summed E-state index contributed by atoms with van der Waals surface area (Å²) in [5.74, 6) is 7.47. The maximum absolute atomic E-state index is 5.91. The molecule has 5 nitrogen and oxygen atoms in total. The van der Waals surface area contributed by atoms with Crippen LogP contribution in [-0.4, -0.2) is 9.97 Å². The lowest BCUT2D eigenvalue weighted by atomic mass is 10.1. The summed E-state index contributed by atoms with van der Waals surface area (Å²) >= 11 is 3.49. The molecule has 0 amide bonds. The third-order valence-corrected chi connectivity index (χ3v) is 3.48. The average Bonchev–Trinajstić information content (AvgIpc) is 2.41. The summed E-state index contributed by atoms with van der Waals surface area (Å²) < 4.78 is 6.79. The van der Waals surface area contributed by atoms with Gasteiger partial charge in [0.1, 0.15) is 12.1 Å². The Morgan fingerprint density at radius 1 is 1.30 bits per heavy atom. The van der Waals surface area contributed by atoms with Gasteiger partial charge in [-0.1, -0.05) is 19.9 Å². The number of nitrogens with one attached hydrogen (secondary N) is 1. The van der Waals surface area contributed by atoms with Gasteiger partial charge in [0.2, 0.25) is 5.88 Å². The van der Waals surface area contributed by atoms with E-state index in [9.17, 15) is 0 Å². The number of hydrazine groups is 1. The van der Waals surface area contributed by atoms with Crippen molar-refractivity contribution in [3.63, 3.8) is 0 Å². The monoisotopic (exact) mass is 336 g/mol. The molecular weight excluding hydrogens is 320 g/mol. The van der Waals surface area contributed by atoms with Gasteiger partial charge in [-0.25, -0.2) is 15.8 Å². The van der Waals surface area contributed by atoms with Crippen LogP contribution < -0.4 is 16.0 Å². The molecule has 0 radical (unpaired) electrons. The van der Waals surface area contributed by atoms with Crippen LogP contribution in [0.5, 0.6) is 11.6 Å². The molecule has 1 aromatic heterocycles. The third-order valence-electron chi connectivity index (χ3n) is 2.86. The van der Waals surface area contributed by atoms with Crippen LogP contribution in [0.25, 0.3) is 0 Å². The second kappa shape index (κ2) is 6.19. The number of rotatable bonds is 4. The molecule has 0 aliphatic rings. The molecule has 0 bridgehead atoms. The largest absolute Gasteiger partial charge is 0.437 e. The van der Waals surface area contributed by atoms with E-state index in [1.165, 1.54) is 6.33 Å². The van der Waals surface area contributed by atoms with Crippen LogP contribution in [0.2, 0.25) is 0 Å². The fraction of sp³-hybridized carbons (Fsp3) is 0.286. The molecule has 106 valence electrons. The van der Waals surface area contributed by atoms with E-state index in [0.717, 1.165) is 15.6 Å². The maximum atomic E-state index is 5.91. The zero-order chi connectivity index (χ0) is 14.7. The molecule has 0 fully saturated rings. The lowest BCUT2D eigenvalue weighted by molar-refractivity contribution is 0.449. The number of aryl methyl sites for hydroxylation is 1. The van der Waals surface area contributed by atoms with Crippen molar-refractivity contribution in [2.75, 3.05) is 5.43 Å². The van der Waals surface area contributed by atoms with Crippen molar-refractivity contribution in [2.45, 2.75) is 26.7 Å². The van der Waals surface area contributed by atoms with Crippen LogP contribution in [0.4, 0.5) is 5.82 Å². The molecule has 3 N–H and O–H groups in total. The topological polar surface area (TPSA) is 73.1 Å². The minimum atomic E-state index is 0.182. The lowest BCUT2D eigenvalue weighted by Crippen LogP contribution is -2.13. The quantitative estimate of drug-likeness (QED) is 0.657. The second-order valence-electron chi connectivity index (χ2n) is 4.78. The minimum Gasteiger partial charge on any atom is -0.437 e. The number of nitrogens with two attached hydrogens (primary N) is 1. The highest BCUT2D eigenvalue weighted by atomic mass is 79.9. The van der Waals surface area contributed by atoms with Crippen molar-refractivity contribution < 1.29 is 4.74 Å². The fourth-order valence-electron chi connectivity index (χ4n) is 1.89. The van der Waals surface area contributed by atoms with Gasteiger partial charge in [0.05, 0.1) is 10.0 Å². The Bertz CT molecular complexity index is 616. The Morgan fingerprint density at radius 2 is 2.05 bits per heavy atom. The van der Waals surface area contributed by atoms with Gasteiger partial charge in [-0.15, -0.1) is 0 Å². The van der Waals surface area contributed by atoms with Gasteiger partial charge in [-0.3, -0.25) is 0 Å². The highest BCUT2D eigenvalue weighted by molar-refractivity contribution is 9.10. The fourth-order valence-corrected chi connectivity index (χ4v) is 2.46. The number of anilines is 1. The number of nitrogens with zero attached hydrogens (tertiary/aromatic N) is 2. The molecule has 0 aliphatic heterocycles. The van der Waals surface area contributed by atoms with E-state index in [4.69, 9.17) is 10.6 Å². The van der Waals surface area contributed by atoms with Crippen molar-refractivity contribution in [2.24, 2.45) is 5.84 Å². The average molecular weight is 337 g/mol. The Labute approximate surface area is 126 Å². The molecule has 0 atom stereocenters. The molecule has 1 heterocycles. The standard InChI is InChI=1S/C14H17BrN4O/c1-8(2)12-13(19-16)17-7-18-14(12)20-11-5-4-9(3)6-10(11)15/h4-8H,16H2,1-3H3,(H,17,18,19). The number of aromatic nitrogens is 2. The van der Waals surface area contributed by atoms with Crippen LogP contribution in [0.15, 0.2) is 29.0 Å². The van der Waals surface area contributed by atoms with E-state index >= 15 is 0 Å². The van der Waals surface area contributed by atoms with Gasteiger partial charge in [-0.2, -0.15) is 0 Å². The molecule has 0 saturated carbocycles. The van der Waals surface area contributed by atoms with Crippen molar-refractivity contribution in [3.8, 4) is 11.6 Å². The first kappa shape index (κ1) is 14.7. The van der Waals surface area contributed by atoms with E-state index < -0.39 is 0 Å². The molecule has 20 heavy (non-hydrogen) atoms. The predicted molar refractivity (Wildman–Crippen MR) is 82.9 cm³/mol. The predicted octanol–water partition coefficient (Wildman–Crippen LogP) is 3.75. The molecule has 6 heteroatoms. The molecule has 1 aromatic carbocycles. The van der Waals surface area contributed by atoms with Crippen molar-refractivity contribution in [1.29, 1.82) is 0 Å². The van der Waals surface area contributed by atoms with Gasteiger partial charge in [0.15, 0.2) is 5.82 Å². The zero-order valence-corrected chi connectivity index (χ0v) is 13.2. The normalized spacial score (nSPS) is 10.7. The lowest BCUT2D eigenvalue weighted by Gasteiger charge is -2.16. The first-order valence-electron chi connectivity index (χ1n) is 6.28. The Morgan fingerprint density at radius 3 is 2.65 bits per heavy atom. The SMILES string of the molecule is Cc1ccc(Oc2ncnc(NN)c2C(C)C)c(Br)c1. The zero-order valence-electron chi connectivity index (χ0n) is 11.6. The number of nitrogen functional groups attached to an aromatic ring is 1. The molecule has 2 aromatic rings.